The first kappa shape index (κ1) is 16.8. The summed E-state index contributed by atoms with van der Waals surface area (Å²) in [6, 6.07) is 4.02. The molecule has 4 nitrogen and oxygen atoms in total. The summed E-state index contributed by atoms with van der Waals surface area (Å²) in [6.07, 6.45) is 2.71. The van der Waals surface area contributed by atoms with Crippen LogP contribution in [0.15, 0.2) is 12.1 Å². The van der Waals surface area contributed by atoms with E-state index in [9.17, 15) is 0 Å². The lowest BCUT2D eigenvalue weighted by Gasteiger charge is -2.29. The molecule has 122 valence electrons. The van der Waals surface area contributed by atoms with Crippen molar-refractivity contribution >= 4 is 5.71 Å². The molecule has 1 N–H and O–H groups in total. The van der Waals surface area contributed by atoms with Crippen LogP contribution >= 0.6 is 0 Å². The van der Waals surface area contributed by atoms with E-state index in [4.69, 9.17) is 19.6 Å². The molecule has 0 saturated carbocycles. The smallest absolute Gasteiger partial charge is 0.161 e. The van der Waals surface area contributed by atoms with Gasteiger partial charge in [-0.15, -0.1) is 0 Å². The van der Waals surface area contributed by atoms with Crippen molar-refractivity contribution in [2.24, 2.45) is 11.8 Å². The first-order chi connectivity index (χ1) is 10.6. The number of ether oxygens (including phenoxy) is 3. The van der Waals surface area contributed by atoms with Crippen molar-refractivity contribution in [3.05, 3.63) is 23.3 Å². The predicted octanol–water partition coefficient (Wildman–Crippen LogP) is 3.70. The van der Waals surface area contributed by atoms with Crippen LogP contribution in [0, 0.1) is 17.2 Å². The Kier molecular flexibility index (Phi) is 5.83. The van der Waals surface area contributed by atoms with Crippen molar-refractivity contribution in [2.45, 2.75) is 33.1 Å². The van der Waals surface area contributed by atoms with Crippen LogP contribution in [0.4, 0.5) is 0 Å². The van der Waals surface area contributed by atoms with Gasteiger partial charge < -0.3 is 19.6 Å². The van der Waals surface area contributed by atoms with Gasteiger partial charge in [0.05, 0.1) is 13.7 Å². The average molecular weight is 305 g/mol. The van der Waals surface area contributed by atoms with Gasteiger partial charge >= 0.3 is 0 Å². The Bertz CT molecular complexity index is 525. The highest BCUT2D eigenvalue weighted by molar-refractivity contribution is 6.01. The molecule has 0 aromatic heterocycles. The fourth-order valence-electron chi connectivity index (χ4n) is 2.91. The average Bonchev–Trinajstić information content (AvgIpc) is 2.50. The maximum Gasteiger partial charge on any atom is 0.161 e. The zero-order valence-corrected chi connectivity index (χ0v) is 14.1. The molecule has 1 aromatic rings. The summed E-state index contributed by atoms with van der Waals surface area (Å²) in [5, 5.41) is 8.32. The van der Waals surface area contributed by atoms with E-state index in [0.29, 0.717) is 36.5 Å². The highest BCUT2D eigenvalue weighted by Gasteiger charge is 2.26. The summed E-state index contributed by atoms with van der Waals surface area (Å²) in [7, 11) is 3.34. The van der Waals surface area contributed by atoms with Crippen LogP contribution in [0.1, 0.15) is 37.8 Å². The fraction of sp³-hybridized carbons (Fsp3) is 0.611. The summed E-state index contributed by atoms with van der Waals surface area (Å²) in [5.41, 5.74) is 2.93. The van der Waals surface area contributed by atoms with E-state index < -0.39 is 0 Å². The molecule has 1 unspecified atom stereocenters. The highest BCUT2D eigenvalue weighted by atomic mass is 16.5. The van der Waals surface area contributed by atoms with Gasteiger partial charge in [0, 0.05) is 31.4 Å². The van der Waals surface area contributed by atoms with E-state index in [2.05, 4.69) is 19.9 Å². The van der Waals surface area contributed by atoms with E-state index >= 15 is 0 Å². The van der Waals surface area contributed by atoms with E-state index in [-0.39, 0.29) is 0 Å². The standard InChI is InChI=1S/C18H27NO3/c1-12(2)13-8-14-10-18(22-7-5-6-20-3)17(21-4)11-15(14)16(19)9-13/h10-13,19H,5-9H2,1-4H3. The van der Waals surface area contributed by atoms with Crippen molar-refractivity contribution in [2.75, 3.05) is 27.4 Å². The Hall–Kier alpha value is -1.55. The van der Waals surface area contributed by atoms with Crippen molar-refractivity contribution in [3.8, 4) is 11.5 Å². The molecule has 0 saturated heterocycles. The number of nitrogens with one attached hydrogen (secondary N) is 1. The molecule has 1 aliphatic carbocycles. The summed E-state index contributed by atoms with van der Waals surface area (Å²) in [4.78, 5) is 0. The molecule has 0 amide bonds. The minimum atomic E-state index is 0.537. The molecule has 4 heteroatoms. The summed E-state index contributed by atoms with van der Waals surface area (Å²) >= 11 is 0. The van der Waals surface area contributed by atoms with Crippen molar-refractivity contribution in [1.82, 2.24) is 0 Å². The highest BCUT2D eigenvalue weighted by Crippen LogP contribution is 2.37. The quantitative estimate of drug-likeness (QED) is 0.782. The lowest BCUT2D eigenvalue weighted by atomic mass is 9.77. The number of rotatable bonds is 7. The Balaban J connectivity index is 2.21. The Labute approximate surface area is 133 Å². The molecular weight excluding hydrogens is 278 g/mol. The third-order valence-corrected chi connectivity index (χ3v) is 4.36. The number of hydrogen-bond donors (Lipinski definition) is 1. The molecule has 2 rings (SSSR count). The predicted molar refractivity (Wildman–Crippen MR) is 88.5 cm³/mol. The molecule has 0 spiro atoms. The van der Waals surface area contributed by atoms with Gasteiger partial charge in [-0.1, -0.05) is 13.8 Å². The maximum absolute atomic E-state index is 8.32. The second-order valence-electron chi connectivity index (χ2n) is 6.25. The minimum absolute atomic E-state index is 0.537. The lowest BCUT2D eigenvalue weighted by molar-refractivity contribution is 0.170. The monoisotopic (exact) mass is 305 g/mol. The molecule has 0 aliphatic heterocycles. The SMILES string of the molecule is COCCCOc1cc2c(cc1OC)C(=N)CC(C(C)C)C2. The van der Waals surface area contributed by atoms with E-state index in [0.717, 1.165) is 30.6 Å². The topological polar surface area (TPSA) is 51.5 Å². The Morgan fingerprint density at radius 1 is 1.14 bits per heavy atom. The van der Waals surface area contributed by atoms with Crippen molar-refractivity contribution < 1.29 is 14.2 Å². The Morgan fingerprint density at radius 3 is 2.55 bits per heavy atom. The van der Waals surface area contributed by atoms with Crippen LogP contribution in [0.2, 0.25) is 0 Å². The van der Waals surface area contributed by atoms with Crippen LogP contribution in [0.25, 0.3) is 0 Å². The zero-order chi connectivity index (χ0) is 16.1. The fourth-order valence-corrected chi connectivity index (χ4v) is 2.91. The van der Waals surface area contributed by atoms with E-state index in [1.54, 1.807) is 14.2 Å². The molecule has 22 heavy (non-hydrogen) atoms. The number of fused-ring (bicyclic) bond motifs is 1. The van der Waals surface area contributed by atoms with Gasteiger partial charge in [0.2, 0.25) is 0 Å². The van der Waals surface area contributed by atoms with Gasteiger partial charge in [0.25, 0.3) is 0 Å². The molecule has 1 atom stereocenters. The number of methoxy groups -OCH3 is 2. The third-order valence-electron chi connectivity index (χ3n) is 4.36. The largest absolute Gasteiger partial charge is 0.493 e. The van der Waals surface area contributed by atoms with Crippen LogP contribution in [-0.4, -0.2) is 33.1 Å². The summed E-state index contributed by atoms with van der Waals surface area (Å²) in [5.74, 6) is 2.61. The van der Waals surface area contributed by atoms with Crippen molar-refractivity contribution in [3.63, 3.8) is 0 Å². The van der Waals surface area contributed by atoms with Gasteiger partial charge in [-0.25, -0.2) is 0 Å². The van der Waals surface area contributed by atoms with Gasteiger partial charge in [0.15, 0.2) is 11.5 Å². The number of benzene rings is 1. The van der Waals surface area contributed by atoms with Crippen LogP contribution in [0.3, 0.4) is 0 Å². The molecule has 1 aromatic carbocycles. The van der Waals surface area contributed by atoms with Gasteiger partial charge in [-0.05, 0) is 42.4 Å². The van der Waals surface area contributed by atoms with Crippen LogP contribution < -0.4 is 9.47 Å². The summed E-state index contributed by atoms with van der Waals surface area (Å²) in [6.45, 7) is 5.75. The van der Waals surface area contributed by atoms with E-state index in [1.165, 1.54) is 5.56 Å². The first-order valence-electron chi connectivity index (χ1n) is 7.97. The van der Waals surface area contributed by atoms with Crippen LogP contribution in [0.5, 0.6) is 11.5 Å². The minimum Gasteiger partial charge on any atom is -0.493 e. The van der Waals surface area contributed by atoms with Gasteiger partial charge in [-0.3, -0.25) is 0 Å². The second kappa shape index (κ2) is 7.63. The molecule has 0 heterocycles. The first-order valence-corrected chi connectivity index (χ1v) is 7.97. The van der Waals surface area contributed by atoms with Gasteiger partial charge in [0.1, 0.15) is 0 Å². The molecule has 0 bridgehead atoms. The normalized spacial score (nSPS) is 17.5. The molecule has 0 radical (unpaired) electrons. The summed E-state index contributed by atoms with van der Waals surface area (Å²) < 4.78 is 16.3. The maximum atomic E-state index is 8.32. The number of hydrogen-bond acceptors (Lipinski definition) is 4. The van der Waals surface area contributed by atoms with E-state index in [1.807, 2.05) is 6.07 Å². The molecule has 1 aliphatic rings. The molecule has 0 fully saturated rings. The van der Waals surface area contributed by atoms with Gasteiger partial charge in [-0.2, -0.15) is 0 Å². The molecular formula is C18H27NO3. The van der Waals surface area contributed by atoms with Crippen molar-refractivity contribution in [1.29, 1.82) is 5.41 Å². The second-order valence-corrected chi connectivity index (χ2v) is 6.25. The Morgan fingerprint density at radius 2 is 1.91 bits per heavy atom. The third kappa shape index (κ3) is 3.80. The zero-order valence-electron chi connectivity index (χ0n) is 14.1. The lowest BCUT2D eigenvalue weighted by Crippen LogP contribution is -2.24. The van der Waals surface area contributed by atoms with Crippen LogP contribution in [-0.2, 0) is 11.2 Å².